The molecule has 68 valence electrons. The molecule has 0 aromatic carbocycles. The Hall–Kier alpha value is -1.85. The highest BCUT2D eigenvalue weighted by atomic mass is 16.1. The number of nitriles is 2. The van der Waals surface area contributed by atoms with Crippen molar-refractivity contribution in [3.05, 3.63) is 12.2 Å². The molecule has 5 heteroatoms. The van der Waals surface area contributed by atoms with Gasteiger partial charge in [-0.3, -0.25) is 4.79 Å². The minimum atomic E-state index is -1.02. The Balaban J connectivity index is 4.34. The maximum Gasteiger partial charge on any atom is 0.247 e. The summed E-state index contributed by atoms with van der Waals surface area (Å²) in [6, 6.07) is 1.38. The van der Waals surface area contributed by atoms with Gasteiger partial charge in [-0.15, -0.1) is 0 Å². The summed E-state index contributed by atoms with van der Waals surface area (Å²) in [4.78, 5) is 11.0. The number of amides is 1. The summed E-state index contributed by atoms with van der Waals surface area (Å²) in [5.74, 6) is -0.475. The van der Waals surface area contributed by atoms with Gasteiger partial charge in [0.15, 0.2) is 0 Å². The molecular formula is C8H10N4O. The van der Waals surface area contributed by atoms with Crippen LogP contribution in [0.3, 0.4) is 0 Å². The highest BCUT2D eigenvalue weighted by molar-refractivity contribution is 5.92. The molecule has 0 spiro atoms. The summed E-state index contributed by atoms with van der Waals surface area (Å²) in [5, 5.41) is 19.2. The monoisotopic (exact) mass is 178 g/mol. The largest absolute Gasteiger partial charge is 0.334 e. The number of nitrogens with one attached hydrogen (secondary N) is 1. The molecular weight excluding hydrogens is 168 g/mol. The van der Waals surface area contributed by atoms with Gasteiger partial charge in [-0.1, -0.05) is 6.58 Å². The Bertz CT molecular complexity index is 296. The first-order valence-corrected chi connectivity index (χ1v) is 3.54. The van der Waals surface area contributed by atoms with Crippen molar-refractivity contribution in [2.75, 3.05) is 0 Å². The lowest BCUT2D eigenvalue weighted by Crippen LogP contribution is -2.46. The fourth-order valence-electron chi connectivity index (χ4n) is 0.541. The van der Waals surface area contributed by atoms with Crippen LogP contribution < -0.4 is 11.1 Å². The van der Waals surface area contributed by atoms with Crippen molar-refractivity contribution in [1.82, 2.24) is 5.32 Å². The number of nitrogens with zero attached hydrogens (tertiary/aromatic N) is 2. The van der Waals surface area contributed by atoms with Gasteiger partial charge in [0, 0.05) is 5.57 Å². The van der Waals surface area contributed by atoms with Crippen molar-refractivity contribution in [2.24, 2.45) is 5.73 Å². The first-order chi connectivity index (χ1) is 6.02. The maximum atomic E-state index is 11.0. The minimum Gasteiger partial charge on any atom is -0.334 e. The average molecular weight is 178 g/mol. The number of carbonyl (C=O) groups excluding carboxylic acids is 1. The molecule has 2 atom stereocenters. The van der Waals surface area contributed by atoms with Gasteiger partial charge in [0.05, 0.1) is 12.1 Å². The third kappa shape index (κ3) is 3.37. The van der Waals surface area contributed by atoms with E-state index < -0.39 is 18.0 Å². The molecule has 0 heterocycles. The van der Waals surface area contributed by atoms with Crippen LogP contribution in [0.1, 0.15) is 6.92 Å². The van der Waals surface area contributed by atoms with Crippen LogP contribution in [0.25, 0.3) is 0 Å². The Kier molecular flexibility index (Phi) is 4.21. The Morgan fingerprint density at radius 3 is 2.38 bits per heavy atom. The normalized spacial score (nSPS) is 13.2. The van der Waals surface area contributed by atoms with E-state index in [0.717, 1.165) is 0 Å². The van der Waals surface area contributed by atoms with Crippen LogP contribution in [-0.4, -0.2) is 18.0 Å². The van der Waals surface area contributed by atoms with Crippen molar-refractivity contribution < 1.29 is 4.79 Å². The molecule has 2 unspecified atom stereocenters. The maximum absolute atomic E-state index is 11.0. The second kappa shape index (κ2) is 4.91. The predicted molar refractivity (Wildman–Crippen MR) is 45.9 cm³/mol. The molecule has 0 aliphatic rings. The fourth-order valence-corrected chi connectivity index (χ4v) is 0.541. The number of hydrogen-bond acceptors (Lipinski definition) is 4. The molecule has 0 aromatic heterocycles. The van der Waals surface area contributed by atoms with Crippen LogP contribution in [-0.2, 0) is 4.79 Å². The standard InChI is InChI=1S/C8H10N4O/c1-5(2)8(13)12-7(4-10)6(11)3-9/h6-7H,1,11H2,2H3,(H,12,13). The van der Waals surface area contributed by atoms with Crippen molar-refractivity contribution in [2.45, 2.75) is 19.0 Å². The summed E-state index contributed by atoms with van der Waals surface area (Å²) in [7, 11) is 0. The van der Waals surface area contributed by atoms with Gasteiger partial charge in [-0.25, -0.2) is 0 Å². The van der Waals surface area contributed by atoms with Crippen LogP contribution >= 0.6 is 0 Å². The third-order valence-corrected chi connectivity index (χ3v) is 1.32. The van der Waals surface area contributed by atoms with Gasteiger partial charge >= 0.3 is 0 Å². The summed E-state index contributed by atoms with van der Waals surface area (Å²) in [6.07, 6.45) is 0. The smallest absolute Gasteiger partial charge is 0.247 e. The predicted octanol–water partition coefficient (Wildman–Crippen LogP) is -0.578. The van der Waals surface area contributed by atoms with Gasteiger partial charge in [-0.05, 0) is 6.92 Å². The first kappa shape index (κ1) is 11.2. The van der Waals surface area contributed by atoms with E-state index in [1.165, 1.54) is 6.92 Å². The fraction of sp³-hybridized carbons (Fsp3) is 0.375. The molecule has 0 aromatic rings. The molecule has 0 aliphatic heterocycles. The van der Waals surface area contributed by atoms with Crippen molar-refractivity contribution >= 4 is 5.91 Å². The molecule has 0 rings (SSSR count). The molecule has 5 nitrogen and oxygen atoms in total. The number of rotatable bonds is 3. The zero-order chi connectivity index (χ0) is 10.4. The van der Waals surface area contributed by atoms with E-state index in [-0.39, 0.29) is 5.57 Å². The summed E-state index contributed by atoms with van der Waals surface area (Å²) in [6.45, 7) is 4.88. The van der Waals surface area contributed by atoms with E-state index in [2.05, 4.69) is 11.9 Å². The van der Waals surface area contributed by atoms with Crippen molar-refractivity contribution in [1.29, 1.82) is 10.5 Å². The highest BCUT2D eigenvalue weighted by Crippen LogP contribution is 1.92. The summed E-state index contributed by atoms with van der Waals surface area (Å²) >= 11 is 0. The Labute approximate surface area is 76.4 Å². The van der Waals surface area contributed by atoms with Crippen molar-refractivity contribution in [3.8, 4) is 12.1 Å². The van der Waals surface area contributed by atoms with E-state index in [9.17, 15) is 4.79 Å². The van der Waals surface area contributed by atoms with Crippen LogP contribution in [0, 0.1) is 22.7 Å². The molecule has 0 radical (unpaired) electrons. The molecule has 0 saturated carbocycles. The zero-order valence-corrected chi connectivity index (χ0v) is 7.24. The molecule has 0 saturated heterocycles. The van der Waals surface area contributed by atoms with Gasteiger partial charge < -0.3 is 11.1 Å². The van der Waals surface area contributed by atoms with E-state index >= 15 is 0 Å². The highest BCUT2D eigenvalue weighted by Gasteiger charge is 2.18. The van der Waals surface area contributed by atoms with Crippen LogP contribution in [0.5, 0.6) is 0 Å². The molecule has 0 aliphatic carbocycles. The SMILES string of the molecule is C=C(C)C(=O)NC(C#N)C(N)C#N. The summed E-state index contributed by atoms with van der Waals surface area (Å²) < 4.78 is 0. The molecule has 13 heavy (non-hydrogen) atoms. The lowest BCUT2D eigenvalue weighted by atomic mass is 10.1. The lowest BCUT2D eigenvalue weighted by molar-refractivity contribution is -0.117. The van der Waals surface area contributed by atoms with Crippen molar-refractivity contribution in [3.63, 3.8) is 0 Å². The number of hydrogen-bond donors (Lipinski definition) is 2. The average Bonchev–Trinajstić information content (AvgIpc) is 2.12. The quantitative estimate of drug-likeness (QED) is 0.564. The second-order valence-electron chi connectivity index (χ2n) is 2.52. The number of nitrogens with two attached hydrogens (primary N) is 1. The number of carbonyl (C=O) groups is 1. The van der Waals surface area contributed by atoms with Crippen LogP contribution in [0.15, 0.2) is 12.2 Å². The van der Waals surface area contributed by atoms with E-state index in [1.54, 1.807) is 12.1 Å². The van der Waals surface area contributed by atoms with Gasteiger partial charge in [0.25, 0.3) is 0 Å². The summed E-state index contributed by atoms with van der Waals surface area (Å²) in [5.41, 5.74) is 5.52. The zero-order valence-electron chi connectivity index (χ0n) is 7.24. The second-order valence-corrected chi connectivity index (χ2v) is 2.52. The molecule has 0 bridgehead atoms. The van der Waals surface area contributed by atoms with Gasteiger partial charge in [0.2, 0.25) is 5.91 Å². The molecule has 1 amide bonds. The van der Waals surface area contributed by atoms with E-state index in [4.69, 9.17) is 16.3 Å². The van der Waals surface area contributed by atoms with Crippen LogP contribution in [0.2, 0.25) is 0 Å². The van der Waals surface area contributed by atoms with Gasteiger partial charge in [-0.2, -0.15) is 10.5 Å². The van der Waals surface area contributed by atoms with E-state index in [0.29, 0.717) is 0 Å². The van der Waals surface area contributed by atoms with E-state index in [1.807, 2.05) is 0 Å². The third-order valence-electron chi connectivity index (χ3n) is 1.32. The van der Waals surface area contributed by atoms with Crippen LogP contribution in [0.4, 0.5) is 0 Å². The first-order valence-electron chi connectivity index (χ1n) is 3.54. The van der Waals surface area contributed by atoms with Gasteiger partial charge in [0.1, 0.15) is 12.1 Å². The lowest BCUT2D eigenvalue weighted by Gasteiger charge is -2.12. The molecule has 3 N–H and O–H groups in total. The Morgan fingerprint density at radius 2 is 2.08 bits per heavy atom. The minimum absolute atomic E-state index is 0.269. The topological polar surface area (TPSA) is 103 Å². The Morgan fingerprint density at radius 1 is 1.54 bits per heavy atom. The molecule has 0 fully saturated rings.